The van der Waals surface area contributed by atoms with Crippen LogP contribution in [0.3, 0.4) is 0 Å². The maximum absolute atomic E-state index is 13.2. The van der Waals surface area contributed by atoms with E-state index in [4.69, 9.17) is 17.3 Å². The standard InChI is InChI=1S/C22H32ClN3O3/c1-14(2)20(25-19(28)10-9-18(24)27)21(29)26-12-11-17(22(3,4)13-26)15-5-7-16(23)8-6-15/h5-8,14,17,20H,9-13H2,1-4H3,(H2,24,27)(H,25,28)/t17-,20-/m1/s1. The van der Waals surface area contributed by atoms with Crippen molar-refractivity contribution in [3.63, 3.8) is 0 Å². The van der Waals surface area contributed by atoms with E-state index in [-0.39, 0.29) is 36.0 Å². The van der Waals surface area contributed by atoms with E-state index in [0.717, 1.165) is 6.42 Å². The maximum atomic E-state index is 13.2. The van der Waals surface area contributed by atoms with Gasteiger partial charge in [0, 0.05) is 31.0 Å². The van der Waals surface area contributed by atoms with Crippen LogP contribution in [0.5, 0.6) is 0 Å². The van der Waals surface area contributed by atoms with Gasteiger partial charge in [0.1, 0.15) is 6.04 Å². The molecule has 3 N–H and O–H groups in total. The number of nitrogens with zero attached hydrogens (tertiary/aromatic N) is 1. The highest BCUT2D eigenvalue weighted by Crippen LogP contribution is 2.42. The number of nitrogens with one attached hydrogen (secondary N) is 1. The summed E-state index contributed by atoms with van der Waals surface area (Å²) in [6.45, 7) is 9.39. The summed E-state index contributed by atoms with van der Waals surface area (Å²) in [5, 5.41) is 3.51. The zero-order valence-electron chi connectivity index (χ0n) is 17.7. The molecule has 0 aromatic heterocycles. The predicted octanol–water partition coefficient (Wildman–Crippen LogP) is 3.09. The minimum absolute atomic E-state index is 0.00400. The summed E-state index contributed by atoms with van der Waals surface area (Å²) in [5.74, 6) is -0.664. The van der Waals surface area contributed by atoms with E-state index in [2.05, 4.69) is 31.3 Å². The van der Waals surface area contributed by atoms with Crippen molar-refractivity contribution in [2.45, 2.75) is 58.9 Å². The number of nitrogens with two attached hydrogens (primary N) is 1. The van der Waals surface area contributed by atoms with Gasteiger partial charge in [-0.25, -0.2) is 0 Å². The molecular weight excluding hydrogens is 390 g/mol. The molecule has 29 heavy (non-hydrogen) atoms. The lowest BCUT2D eigenvalue weighted by Crippen LogP contribution is -2.55. The van der Waals surface area contributed by atoms with Crippen LogP contribution >= 0.6 is 11.6 Å². The van der Waals surface area contributed by atoms with Crippen molar-refractivity contribution in [3.8, 4) is 0 Å². The molecule has 1 aliphatic rings. The number of amides is 3. The van der Waals surface area contributed by atoms with Crippen LogP contribution < -0.4 is 11.1 Å². The van der Waals surface area contributed by atoms with Gasteiger partial charge in [-0.05, 0) is 41.4 Å². The highest BCUT2D eigenvalue weighted by atomic mass is 35.5. The smallest absolute Gasteiger partial charge is 0.245 e. The normalized spacial score (nSPS) is 19.7. The van der Waals surface area contributed by atoms with Crippen molar-refractivity contribution in [3.05, 3.63) is 34.9 Å². The summed E-state index contributed by atoms with van der Waals surface area (Å²) >= 11 is 6.02. The lowest BCUT2D eigenvalue weighted by Gasteiger charge is -2.45. The van der Waals surface area contributed by atoms with Crippen molar-refractivity contribution in [2.75, 3.05) is 13.1 Å². The van der Waals surface area contributed by atoms with E-state index in [1.807, 2.05) is 30.9 Å². The third-order valence-corrected chi connectivity index (χ3v) is 5.91. The van der Waals surface area contributed by atoms with Gasteiger partial charge in [-0.1, -0.05) is 51.4 Å². The van der Waals surface area contributed by atoms with Crippen molar-refractivity contribution < 1.29 is 14.4 Å². The Balaban J connectivity index is 2.07. The number of benzene rings is 1. The molecule has 1 heterocycles. The SMILES string of the molecule is CC(C)[C@@H](NC(=O)CCC(N)=O)C(=O)N1CC[C@H](c2ccc(Cl)cc2)C(C)(C)C1. The van der Waals surface area contributed by atoms with E-state index in [9.17, 15) is 14.4 Å². The van der Waals surface area contributed by atoms with Gasteiger partial charge in [0.15, 0.2) is 0 Å². The number of rotatable bonds is 7. The van der Waals surface area contributed by atoms with Crippen LogP contribution in [-0.4, -0.2) is 41.8 Å². The number of carbonyl (C=O) groups is 3. The van der Waals surface area contributed by atoms with Crippen molar-refractivity contribution in [2.24, 2.45) is 17.1 Å². The summed E-state index contributed by atoms with van der Waals surface area (Å²) in [5.41, 5.74) is 6.22. The number of primary amides is 1. The lowest BCUT2D eigenvalue weighted by molar-refractivity contribution is -0.140. The van der Waals surface area contributed by atoms with E-state index >= 15 is 0 Å². The molecule has 1 saturated heterocycles. The Morgan fingerprint density at radius 1 is 1.21 bits per heavy atom. The molecule has 0 aliphatic carbocycles. The van der Waals surface area contributed by atoms with E-state index in [1.165, 1.54) is 5.56 Å². The second-order valence-electron chi connectivity index (χ2n) is 8.90. The molecule has 2 rings (SSSR count). The van der Waals surface area contributed by atoms with E-state index < -0.39 is 11.9 Å². The minimum atomic E-state index is -0.613. The van der Waals surface area contributed by atoms with Crippen molar-refractivity contribution >= 4 is 29.3 Å². The second kappa shape index (κ2) is 9.61. The van der Waals surface area contributed by atoms with E-state index in [0.29, 0.717) is 24.0 Å². The molecule has 2 atom stereocenters. The minimum Gasteiger partial charge on any atom is -0.370 e. The summed E-state index contributed by atoms with van der Waals surface area (Å²) in [6, 6.07) is 7.31. The Morgan fingerprint density at radius 2 is 1.83 bits per heavy atom. The van der Waals surface area contributed by atoms with Gasteiger partial charge >= 0.3 is 0 Å². The van der Waals surface area contributed by atoms with Crippen LogP contribution in [-0.2, 0) is 14.4 Å². The van der Waals surface area contributed by atoms with Gasteiger partial charge in [-0.2, -0.15) is 0 Å². The van der Waals surface area contributed by atoms with Gasteiger partial charge in [-0.3, -0.25) is 14.4 Å². The Bertz CT molecular complexity index is 746. The molecule has 3 amide bonds. The first-order chi connectivity index (χ1) is 13.5. The fraction of sp³-hybridized carbons (Fsp3) is 0.591. The fourth-order valence-electron chi connectivity index (χ4n) is 4.05. The van der Waals surface area contributed by atoms with Gasteiger partial charge in [0.25, 0.3) is 0 Å². The first-order valence-corrected chi connectivity index (χ1v) is 10.5. The monoisotopic (exact) mass is 421 g/mol. The van der Waals surface area contributed by atoms with E-state index in [1.54, 1.807) is 0 Å². The average molecular weight is 422 g/mol. The van der Waals surface area contributed by atoms with Gasteiger partial charge in [-0.15, -0.1) is 0 Å². The summed E-state index contributed by atoms with van der Waals surface area (Å²) in [4.78, 5) is 38.1. The molecule has 160 valence electrons. The molecule has 1 fully saturated rings. The highest BCUT2D eigenvalue weighted by Gasteiger charge is 2.40. The zero-order valence-corrected chi connectivity index (χ0v) is 18.5. The fourth-order valence-corrected chi connectivity index (χ4v) is 4.18. The Kier molecular flexibility index (Phi) is 7.69. The molecule has 0 radical (unpaired) electrons. The number of hydrogen-bond donors (Lipinski definition) is 2. The molecule has 0 unspecified atom stereocenters. The highest BCUT2D eigenvalue weighted by molar-refractivity contribution is 6.30. The van der Waals surface area contributed by atoms with Crippen LogP contribution in [0.2, 0.25) is 5.02 Å². The van der Waals surface area contributed by atoms with Crippen LogP contribution in [0.25, 0.3) is 0 Å². The Hall–Kier alpha value is -2.08. The van der Waals surface area contributed by atoms with Crippen molar-refractivity contribution in [1.29, 1.82) is 0 Å². The molecule has 0 saturated carbocycles. The lowest BCUT2D eigenvalue weighted by atomic mass is 9.70. The molecule has 7 heteroatoms. The first kappa shape index (κ1) is 23.2. The van der Waals surface area contributed by atoms with Gasteiger partial charge in [0.2, 0.25) is 17.7 Å². The Labute approximate surface area is 178 Å². The topological polar surface area (TPSA) is 92.5 Å². The summed E-state index contributed by atoms with van der Waals surface area (Å²) in [6.07, 6.45) is 0.821. The largest absolute Gasteiger partial charge is 0.370 e. The Morgan fingerprint density at radius 3 is 2.34 bits per heavy atom. The zero-order chi connectivity index (χ0) is 21.8. The molecular formula is C22H32ClN3O3. The number of carbonyl (C=O) groups excluding carboxylic acids is 3. The summed E-state index contributed by atoms with van der Waals surface area (Å²) < 4.78 is 0. The quantitative estimate of drug-likeness (QED) is 0.708. The first-order valence-electron chi connectivity index (χ1n) is 10.1. The third-order valence-electron chi connectivity index (χ3n) is 5.66. The number of hydrogen-bond acceptors (Lipinski definition) is 3. The maximum Gasteiger partial charge on any atom is 0.245 e. The summed E-state index contributed by atoms with van der Waals surface area (Å²) in [7, 11) is 0. The molecule has 0 bridgehead atoms. The van der Waals surface area contributed by atoms with Gasteiger partial charge in [0.05, 0.1) is 0 Å². The molecule has 6 nitrogen and oxygen atoms in total. The van der Waals surface area contributed by atoms with Crippen LogP contribution in [0.1, 0.15) is 58.4 Å². The number of halogens is 1. The number of likely N-dealkylation sites (tertiary alicyclic amines) is 1. The van der Waals surface area contributed by atoms with Crippen LogP contribution in [0, 0.1) is 11.3 Å². The van der Waals surface area contributed by atoms with Crippen LogP contribution in [0.15, 0.2) is 24.3 Å². The molecule has 1 aromatic rings. The predicted molar refractivity (Wildman–Crippen MR) is 114 cm³/mol. The third kappa shape index (κ3) is 6.20. The average Bonchev–Trinajstić information content (AvgIpc) is 2.63. The van der Waals surface area contributed by atoms with Gasteiger partial charge < -0.3 is 16.0 Å². The van der Waals surface area contributed by atoms with Crippen molar-refractivity contribution in [1.82, 2.24) is 10.2 Å². The molecule has 1 aromatic carbocycles. The number of piperidine rings is 1. The van der Waals surface area contributed by atoms with Crippen LogP contribution in [0.4, 0.5) is 0 Å². The second-order valence-corrected chi connectivity index (χ2v) is 9.33. The molecule has 1 aliphatic heterocycles. The molecule has 0 spiro atoms.